The van der Waals surface area contributed by atoms with E-state index in [0.29, 0.717) is 0 Å². The van der Waals surface area contributed by atoms with Gasteiger partial charge in [-0.25, -0.2) is 0 Å². The second-order valence-corrected chi connectivity index (χ2v) is 11.7. The third kappa shape index (κ3) is 3.09. The zero-order chi connectivity index (χ0) is 28.8. The molecule has 0 radical (unpaired) electrons. The van der Waals surface area contributed by atoms with Crippen LogP contribution >= 0.6 is 0 Å². The van der Waals surface area contributed by atoms with Crippen LogP contribution in [0.3, 0.4) is 0 Å². The van der Waals surface area contributed by atoms with Crippen molar-refractivity contribution in [3.05, 3.63) is 158 Å². The number of benzene rings is 8. The van der Waals surface area contributed by atoms with Gasteiger partial charge in [0.15, 0.2) is 0 Å². The minimum atomic E-state index is 1.16. The number of nitrogens with zero attached hydrogens (tertiary/aromatic N) is 2. The summed E-state index contributed by atoms with van der Waals surface area (Å²) in [5.41, 5.74) is 7.23. The van der Waals surface area contributed by atoms with E-state index < -0.39 is 0 Å². The van der Waals surface area contributed by atoms with Crippen molar-refractivity contribution in [2.75, 3.05) is 0 Å². The molecule has 10 aromatic rings. The van der Waals surface area contributed by atoms with E-state index in [1.54, 1.807) is 0 Å². The Balaban J connectivity index is 1.48. The van der Waals surface area contributed by atoms with Crippen LogP contribution in [0.15, 0.2) is 158 Å². The second-order valence-electron chi connectivity index (χ2n) is 11.7. The Labute approximate surface area is 253 Å². The van der Waals surface area contributed by atoms with Crippen LogP contribution in [0.2, 0.25) is 0 Å². The lowest BCUT2D eigenvalue weighted by Gasteiger charge is -2.14. The van der Waals surface area contributed by atoms with Gasteiger partial charge in [0.05, 0.1) is 22.1 Å². The minimum absolute atomic E-state index is 1.16. The molecule has 0 saturated heterocycles. The highest BCUT2D eigenvalue weighted by atomic mass is 15.0. The Hall–Kier alpha value is -5.86. The van der Waals surface area contributed by atoms with Crippen molar-refractivity contribution in [1.29, 1.82) is 0 Å². The molecule has 0 aliphatic carbocycles. The fraction of sp³-hybridized carbons (Fsp3) is 0. The van der Waals surface area contributed by atoms with Gasteiger partial charge in [-0.05, 0) is 68.7 Å². The van der Waals surface area contributed by atoms with Gasteiger partial charge in [-0.1, -0.05) is 121 Å². The molecule has 0 aliphatic heterocycles. The number of fused-ring (bicyclic) bond motifs is 13. The lowest BCUT2D eigenvalue weighted by atomic mass is 9.98. The molecule has 0 N–H and O–H groups in total. The third-order valence-corrected chi connectivity index (χ3v) is 9.44. The molecule has 204 valence electrons. The van der Waals surface area contributed by atoms with Crippen molar-refractivity contribution in [3.63, 3.8) is 0 Å². The maximum absolute atomic E-state index is 2.51. The fourth-order valence-corrected chi connectivity index (χ4v) is 7.65. The van der Waals surface area contributed by atoms with Gasteiger partial charge >= 0.3 is 0 Å². The zero-order valence-corrected chi connectivity index (χ0v) is 23.9. The summed E-state index contributed by atoms with van der Waals surface area (Å²) >= 11 is 0. The fourth-order valence-electron chi connectivity index (χ4n) is 7.65. The van der Waals surface area contributed by atoms with E-state index in [2.05, 4.69) is 167 Å². The van der Waals surface area contributed by atoms with Crippen LogP contribution in [0.5, 0.6) is 0 Å². The van der Waals surface area contributed by atoms with Crippen LogP contribution < -0.4 is 0 Å². The Morgan fingerprint density at radius 3 is 1.43 bits per heavy atom. The summed E-state index contributed by atoms with van der Waals surface area (Å²) in [6.45, 7) is 0. The highest BCUT2D eigenvalue weighted by Crippen LogP contribution is 2.46. The van der Waals surface area contributed by atoms with Gasteiger partial charge in [-0.3, -0.25) is 0 Å². The second kappa shape index (κ2) is 8.82. The first-order valence-electron chi connectivity index (χ1n) is 15.2. The van der Waals surface area contributed by atoms with Crippen molar-refractivity contribution >= 4 is 75.9 Å². The zero-order valence-electron chi connectivity index (χ0n) is 23.9. The van der Waals surface area contributed by atoms with Crippen molar-refractivity contribution < 1.29 is 0 Å². The largest absolute Gasteiger partial charge is 0.307 e. The van der Waals surface area contributed by atoms with Crippen LogP contribution in [0.25, 0.3) is 87.3 Å². The first kappa shape index (κ1) is 23.7. The molecule has 2 aromatic heterocycles. The van der Waals surface area contributed by atoms with Crippen molar-refractivity contribution in [2.45, 2.75) is 0 Å². The summed E-state index contributed by atoms with van der Waals surface area (Å²) in [5, 5.41) is 12.8. The van der Waals surface area contributed by atoms with Gasteiger partial charge in [0, 0.05) is 32.9 Å². The minimum Gasteiger partial charge on any atom is -0.307 e. The number of aromatic nitrogens is 2. The Morgan fingerprint density at radius 1 is 0.295 bits per heavy atom. The van der Waals surface area contributed by atoms with Gasteiger partial charge in [0.25, 0.3) is 0 Å². The van der Waals surface area contributed by atoms with Crippen LogP contribution in [-0.2, 0) is 0 Å². The molecule has 10 rings (SSSR count). The third-order valence-electron chi connectivity index (χ3n) is 9.44. The standard InChI is InChI=1S/C42H26N2/c1-2-13-29(14-3-1)43-37-20-10-8-18-35(37)39-33-16-6-7-17-34(33)40-36-19-9-11-21-38(36)44(42(40)41(39)43)30-24-25-32-28(26-30)23-22-27-12-4-5-15-31(27)32/h1-26H. The average molecular weight is 559 g/mol. The molecule has 2 nitrogen and oxygen atoms in total. The summed E-state index contributed by atoms with van der Waals surface area (Å²) in [5.74, 6) is 0. The molecule has 0 amide bonds. The van der Waals surface area contributed by atoms with E-state index in [1.165, 1.54) is 81.6 Å². The molecule has 0 fully saturated rings. The predicted molar refractivity (Wildman–Crippen MR) is 188 cm³/mol. The maximum atomic E-state index is 2.51. The van der Waals surface area contributed by atoms with E-state index in [0.717, 1.165) is 5.69 Å². The van der Waals surface area contributed by atoms with E-state index in [1.807, 2.05) is 0 Å². The van der Waals surface area contributed by atoms with Gasteiger partial charge in [0.1, 0.15) is 0 Å². The normalized spacial score (nSPS) is 12.1. The Bertz CT molecular complexity index is 2760. The molecule has 44 heavy (non-hydrogen) atoms. The van der Waals surface area contributed by atoms with Crippen LogP contribution in [0, 0.1) is 0 Å². The van der Waals surface area contributed by atoms with E-state index in [4.69, 9.17) is 0 Å². The lowest BCUT2D eigenvalue weighted by Crippen LogP contribution is -1.99. The SMILES string of the molecule is c1ccc(-n2c3ccccc3c3c4ccccc4c4c5ccccc5n(-c5ccc6c(ccc7ccccc76)c5)c4c32)cc1. The summed E-state index contributed by atoms with van der Waals surface area (Å²) in [6, 6.07) is 57.7. The topological polar surface area (TPSA) is 9.86 Å². The molecule has 0 aliphatic rings. The van der Waals surface area contributed by atoms with E-state index in [-0.39, 0.29) is 0 Å². The van der Waals surface area contributed by atoms with Crippen LogP contribution in [-0.4, -0.2) is 9.13 Å². The highest BCUT2D eigenvalue weighted by Gasteiger charge is 2.24. The molecule has 0 spiro atoms. The van der Waals surface area contributed by atoms with Crippen LogP contribution in [0.1, 0.15) is 0 Å². The monoisotopic (exact) mass is 558 g/mol. The summed E-state index contributed by atoms with van der Waals surface area (Å²) in [6.07, 6.45) is 0. The molecule has 0 unspecified atom stereocenters. The Morgan fingerprint density at radius 2 is 0.773 bits per heavy atom. The summed E-state index contributed by atoms with van der Waals surface area (Å²) < 4.78 is 4.98. The molecule has 2 heteroatoms. The number of rotatable bonds is 2. The molecular weight excluding hydrogens is 532 g/mol. The number of para-hydroxylation sites is 3. The quantitative estimate of drug-likeness (QED) is 0.187. The van der Waals surface area contributed by atoms with Crippen molar-refractivity contribution in [3.8, 4) is 11.4 Å². The average Bonchev–Trinajstić information content (AvgIpc) is 3.62. The van der Waals surface area contributed by atoms with Gasteiger partial charge < -0.3 is 9.13 Å². The van der Waals surface area contributed by atoms with Crippen molar-refractivity contribution in [1.82, 2.24) is 9.13 Å². The predicted octanol–water partition coefficient (Wildman–Crippen LogP) is 11.3. The number of hydrogen-bond donors (Lipinski definition) is 0. The first-order chi connectivity index (χ1) is 21.9. The van der Waals surface area contributed by atoms with Gasteiger partial charge in [-0.15, -0.1) is 0 Å². The van der Waals surface area contributed by atoms with E-state index in [9.17, 15) is 0 Å². The van der Waals surface area contributed by atoms with E-state index >= 15 is 0 Å². The first-order valence-corrected chi connectivity index (χ1v) is 15.2. The highest BCUT2D eigenvalue weighted by molar-refractivity contribution is 6.36. The molecule has 2 heterocycles. The van der Waals surface area contributed by atoms with Gasteiger partial charge in [0.2, 0.25) is 0 Å². The lowest BCUT2D eigenvalue weighted by molar-refractivity contribution is 1.15. The van der Waals surface area contributed by atoms with Crippen molar-refractivity contribution in [2.24, 2.45) is 0 Å². The molecule has 0 bridgehead atoms. The molecule has 0 atom stereocenters. The Kier molecular flexibility index (Phi) is 4.75. The molecule has 0 saturated carbocycles. The summed E-state index contributed by atoms with van der Waals surface area (Å²) in [4.78, 5) is 0. The maximum Gasteiger partial charge on any atom is 0.0795 e. The molecular formula is C42H26N2. The number of hydrogen-bond acceptors (Lipinski definition) is 0. The van der Waals surface area contributed by atoms with Crippen LogP contribution in [0.4, 0.5) is 0 Å². The molecule has 8 aromatic carbocycles. The smallest absolute Gasteiger partial charge is 0.0795 e. The summed E-state index contributed by atoms with van der Waals surface area (Å²) in [7, 11) is 0. The van der Waals surface area contributed by atoms with Gasteiger partial charge in [-0.2, -0.15) is 0 Å².